The predicted octanol–water partition coefficient (Wildman–Crippen LogP) is 3.70. The first-order valence-corrected chi connectivity index (χ1v) is 10.4. The van der Waals surface area contributed by atoms with Gasteiger partial charge in [0.1, 0.15) is 23.3 Å². The molecule has 1 fully saturated rings. The molecule has 0 bridgehead atoms. The molecule has 168 valence electrons. The minimum Gasteiger partial charge on any atom is -0.497 e. The summed E-state index contributed by atoms with van der Waals surface area (Å²) in [4.78, 5) is 27.8. The van der Waals surface area contributed by atoms with Crippen LogP contribution in [0.5, 0.6) is 17.2 Å². The van der Waals surface area contributed by atoms with E-state index in [0.29, 0.717) is 37.7 Å². The molecule has 1 saturated heterocycles. The number of non-ortho nitro benzene ring substituents is 1. The molecule has 32 heavy (non-hydrogen) atoms. The Labute approximate surface area is 186 Å². The van der Waals surface area contributed by atoms with E-state index in [1.165, 1.54) is 18.2 Å². The van der Waals surface area contributed by atoms with E-state index in [-0.39, 0.29) is 34.9 Å². The van der Waals surface area contributed by atoms with Gasteiger partial charge < -0.3 is 14.4 Å². The number of carbonyl (C=O) groups excluding carboxylic acids is 1. The highest BCUT2D eigenvalue weighted by Gasteiger charge is 2.30. The number of nitro groups is 1. The van der Waals surface area contributed by atoms with E-state index in [9.17, 15) is 20.2 Å². The Kier molecular flexibility index (Phi) is 7.28. The number of rotatable bonds is 7. The lowest BCUT2D eigenvalue weighted by Crippen LogP contribution is -2.52. The number of hydrogen-bond donors (Lipinski definition) is 0. The van der Waals surface area contributed by atoms with E-state index in [1.54, 1.807) is 36.3 Å². The van der Waals surface area contributed by atoms with E-state index in [0.717, 1.165) is 0 Å². The van der Waals surface area contributed by atoms with Crippen LogP contribution in [0.2, 0.25) is 0 Å². The van der Waals surface area contributed by atoms with Gasteiger partial charge in [-0.15, -0.1) is 0 Å². The molecule has 2 aromatic carbocycles. The maximum atomic E-state index is 13.3. The van der Waals surface area contributed by atoms with Crippen molar-refractivity contribution >= 4 is 11.6 Å². The summed E-state index contributed by atoms with van der Waals surface area (Å²) in [6, 6.07) is 13.0. The molecule has 9 nitrogen and oxygen atoms in total. The van der Waals surface area contributed by atoms with Gasteiger partial charge in [0.2, 0.25) is 0 Å². The maximum absolute atomic E-state index is 13.3. The molecule has 0 radical (unpaired) electrons. The topological polar surface area (TPSA) is 109 Å². The van der Waals surface area contributed by atoms with Crippen molar-refractivity contribution in [2.75, 3.05) is 33.3 Å². The third-order valence-corrected chi connectivity index (χ3v) is 5.45. The number of ether oxygens (including phenoxy) is 2. The van der Waals surface area contributed by atoms with Gasteiger partial charge in [0.15, 0.2) is 0 Å². The highest BCUT2D eigenvalue weighted by molar-refractivity contribution is 5.97. The molecule has 2 aromatic rings. The Bertz CT molecular complexity index is 1010. The van der Waals surface area contributed by atoms with E-state index < -0.39 is 4.92 Å². The third kappa shape index (κ3) is 5.15. The zero-order valence-electron chi connectivity index (χ0n) is 18.4. The molecule has 3 rings (SSSR count). The Morgan fingerprint density at radius 2 is 1.72 bits per heavy atom. The van der Waals surface area contributed by atoms with E-state index in [4.69, 9.17) is 9.47 Å². The Balaban J connectivity index is 1.82. The SMILES string of the molecule is COc1ccc(Oc2ccc([N+](=O)[O-])cc2C(=O)N2CCN(C(C#N)C(C)C)CC2)cc1. The van der Waals surface area contributed by atoms with Gasteiger partial charge in [0.05, 0.1) is 23.7 Å². The van der Waals surface area contributed by atoms with Crippen LogP contribution in [-0.2, 0) is 0 Å². The molecule has 0 aromatic heterocycles. The van der Waals surface area contributed by atoms with Crippen LogP contribution in [0.25, 0.3) is 0 Å². The molecule has 0 spiro atoms. The molecule has 0 saturated carbocycles. The largest absolute Gasteiger partial charge is 0.497 e. The van der Waals surface area contributed by atoms with Gasteiger partial charge in [0, 0.05) is 38.3 Å². The van der Waals surface area contributed by atoms with Gasteiger partial charge in [-0.2, -0.15) is 5.26 Å². The van der Waals surface area contributed by atoms with Gasteiger partial charge in [-0.3, -0.25) is 19.8 Å². The first-order chi connectivity index (χ1) is 15.3. The number of amides is 1. The zero-order valence-corrected chi connectivity index (χ0v) is 18.4. The smallest absolute Gasteiger partial charge is 0.270 e. The third-order valence-electron chi connectivity index (χ3n) is 5.45. The van der Waals surface area contributed by atoms with Crippen molar-refractivity contribution in [3.05, 3.63) is 58.1 Å². The normalized spacial score (nSPS) is 15.2. The number of benzene rings is 2. The highest BCUT2D eigenvalue weighted by Crippen LogP contribution is 2.31. The van der Waals surface area contributed by atoms with Gasteiger partial charge in [0.25, 0.3) is 11.6 Å². The molecule has 1 heterocycles. The standard InChI is InChI=1S/C23H26N4O5/c1-16(2)21(15-24)25-10-12-26(13-11-25)23(28)20-14-17(27(29)30)4-9-22(20)32-19-7-5-18(31-3)6-8-19/h4-9,14,16,21H,10-13H2,1-3H3. The summed E-state index contributed by atoms with van der Waals surface area (Å²) in [7, 11) is 1.56. The van der Waals surface area contributed by atoms with Gasteiger partial charge in [-0.05, 0) is 36.2 Å². The molecule has 1 atom stereocenters. The lowest BCUT2D eigenvalue weighted by atomic mass is 10.0. The summed E-state index contributed by atoms with van der Waals surface area (Å²) < 4.78 is 11.0. The second-order valence-electron chi connectivity index (χ2n) is 7.86. The molecule has 1 amide bonds. The number of methoxy groups -OCH3 is 1. The molecule has 0 aliphatic carbocycles. The van der Waals surface area contributed by atoms with Crippen molar-refractivity contribution in [1.29, 1.82) is 5.26 Å². The van der Waals surface area contributed by atoms with Gasteiger partial charge in [-0.25, -0.2) is 0 Å². The fraction of sp³-hybridized carbons (Fsp3) is 0.391. The number of piperazine rings is 1. The summed E-state index contributed by atoms with van der Waals surface area (Å²) in [5.74, 6) is 1.23. The average Bonchev–Trinajstić information content (AvgIpc) is 2.80. The fourth-order valence-electron chi connectivity index (χ4n) is 3.68. The van der Waals surface area contributed by atoms with Crippen LogP contribution in [0.15, 0.2) is 42.5 Å². The summed E-state index contributed by atoms with van der Waals surface area (Å²) in [5, 5.41) is 20.7. The van der Waals surface area contributed by atoms with Crippen LogP contribution >= 0.6 is 0 Å². The Morgan fingerprint density at radius 1 is 1.09 bits per heavy atom. The van der Waals surface area contributed by atoms with Crippen molar-refractivity contribution in [3.8, 4) is 23.3 Å². The molecule has 9 heteroatoms. The lowest BCUT2D eigenvalue weighted by Gasteiger charge is -2.38. The molecule has 1 aliphatic rings. The van der Waals surface area contributed by atoms with Crippen LogP contribution in [-0.4, -0.2) is 60.0 Å². The van der Waals surface area contributed by atoms with Crippen molar-refractivity contribution in [2.24, 2.45) is 5.92 Å². The minimum atomic E-state index is -0.536. The summed E-state index contributed by atoms with van der Waals surface area (Å²) in [6.07, 6.45) is 0. The molecule has 1 unspecified atom stereocenters. The Morgan fingerprint density at radius 3 is 2.25 bits per heavy atom. The second kappa shape index (κ2) is 10.1. The number of nitrogens with zero attached hydrogens (tertiary/aromatic N) is 4. The second-order valence-corrected chi connectivity index (χ2v) is 7.86. The van der Waals surface area contributed by atoms with Crippen molar-refractivity contribution in [3.63, 3.8) is 0 Å². The summed E-state index contributed by atoms with van der Waals surface area (Å²) in [6.45, 7) is 5.97. The molecular formula is C23H26N4O5. The lowest BCUT2D eigenvalue weighted by molar-refractivity contribution is -0.384. The van der Waals surface area contributed by atoms with Crippen LogP contribution in [0.3, 0.4) is 0 Å². The zero-order chi connectivity index (χ0) is 23.3. The van der Waals surface area contributed by atoms with Gasteiger partial charge in [-0.1, -0.05) is 13.8 Å². The molecule has 0 N–H and O–H groups in total. The van der Waals surface area contributed by atoms with Crippen molar-refractivity contribution < 1.29 is 19.2 Å². The average molecular weight is 438 g/mol. The number of nitriles is 1. The first kappa shape index (κ1) is 23.0. The van der Waals surface area contributed by atoms with Crippen molar-refractivity contribution in [1.82, 2.24) is 9.80 Å². The number of hydrogen-bond acceptors (Lipinski definition) is 7. The van der Waals surface area contributed by atoms with Crippen LogP contribution in [0.4, 0.5) is 5.69 Å². The minimum absolute atomic E-state index is 0.129. The quantitative estimate of drug-likeness (QED) is 0.479. The van der Waals surface area contributed by atoms with E-state index >= 15 is 0 Å². The van der Waals surface area contributed by atoms with E-state index in [1.807, 2.05) is 13.8 Å². The molecular weight excluding hydrogens is 412 g/mol. The fourth-order valence-corrected chi connectivity index (χ4v) is 3.68. The maximum Gasteiger partial charge on any atom is 0.270 e. The first-order valence-electron chi connectivity index (χ1n) is 10.4. The predicted molar refractivity (Wildman–Crippen MR) is 118 cm³/mol. The number of carbonyl (C=O) groups is 1. The van der Waals surface area contributed by atoms with Crippen LogP contribution in [0, 0.1) is 27.4 Å². The molecule has 1 aliphatic heterocycles. The van der Waals surface area contributed by atoms with Crippen molar-refractivity contribution in [2.45, 2.75) is 19.9 Å². The number of nitro benzene ring substituents is 1. The monoisotopic (exact) mass is 438 g/mol. The van der Waals surface area contributed by atoms with E-state index in [2.05, 4.69) is 11.0 Å². The van der Waals surface area contributed by atoms with Crippen LogP contribution < -0.4 is 9.47 Å². The summed E-state index contributed by atoms with van der Waals surface area (Å²) in [5.41, 5.74) is -0.0532. The summed E-state index contributed by atoms with van der Waals surface area (Å²) >= 11 is 0. The highest BCUT2D eigenvalue weighted by atomic mass is 16.6. The van der Waals surface area contributed by atoms with Gasteiger partial charge >= 0.3 is 0 Å². The Hall–Kier alpha value is -3.64. The van der Waals surface area contributed by atoms with Crippen LogP contribution in [0.1, 0.15) is 24.2 Å².